The first-order valence-corrected chi connectivity index (χ1v) is 8.79. The van der Waals surface area contributed by atoms with E-state index >= 15 is 0 Å². The molecule has 8 heteroatoms. The molecular weight excluding hydrogens is 362 g/mol. The lowest BCUT2D eigenvalue weighted by Crippen LogP contribution is -2.21. The molecule has 0 unspecified atom stereocenters. The molecule has 1 amide bonds. The van der Waals surface area contributed by atoms with Crippen molar-refractivity contribution in [1.29, 1.82) is 0 Å². The number of nitro benzene ring substituents is 1. The van der Waals surface area contributed by atoms with E-state index in [0.29, 0.717) is 24.7 Å². The number of ether oxygens (including phenoxy) is 2. The monoisotopic (exact) mass is 381 g/mol. The molecule has 0 N–H and O–H groups in total. The molecule has 0 aliphatic carbocycles. The molecule has 1 aliphatic heterocycles. The Balaban J connectivity index is 1.98. The van der Waals surface area contributed by atoms with Crippen molar-refractivity contribution in [2.45, 2.75) is 13.8 Å². The van der Waals surface area contributed by atoms with E-state index in [1.807, 2.05) is 31.2 Å². The molecule has 1 aliphatic rings. The molecule has 0 saturated heterocycles. The Bertz CT molecular complexity index is 951. The predicted octanol–water partition coefficient (Wildman–Crippen LogP) is 3.77. The molecule has 0 radical (unpaired) electrons. The minimum absolute atomic E-state index is 0.0641. The first-order valence-electron chi connectivity index (χ1n) is 8.79. The van der Waals surface area contributed by atoms with E-state index in [9.17, 15) is 14.9 Å². The number of anilines is 1. The summed E-state index contributed by atoms with van der Waals surface area (Å²) in [5.41, 5.74) is 1.36. The number of carbonyl (C=O) groups excluding carboxylic acids is 1. The van der Waals surface area contributed by atoms with Crippen LogP contribution in [0.5, 0.6) is 5.75 Å². The van der Waals surface area contributed by atoms with Crippen LogP contribution in [-0.4, -0.2) is 29.9 Å². The molecule has 8 nitrogen and oxygen atoms in total. The van der Waals surface area contributed by atoms with Gasteiger partial charge in [0, 0.05) is 17.7 Å². The van der Waals surface area contributed by atoms with Crippen molar-refractivity contribution >= 4 is 29.3 Å². The van der Waals surface area contributed by atoms with Crippen LogP contribution in [0.3, 0.4) is 0 Å². The van der Waals surface area contributed by atoms with Crippen LogP contribution in [0.4, 0.5) is 11.4 Å². The van der Waals surface area contributed by atoms with Crippen molar-refractivity contribution in [2.75, 3.05) is 18.2 Å². The van der Waals surface area contributed by atoms with Crippen LogP contribution >= 0.6 is 0 Å². The zero-order chi connectivity index (χ0) is 20.1. The molecule has 0 atom stereocenters. The number of amides is 1. The van der Waals surface area contributed by atoms with Crippen molar-refractivity contribution in [3.63, 3.8) is 0 Å². The van der Waals surface area contributed by atoms with Gasteiger partial charge in [0.05, 0.1) is 23.8 Å². The molecule has 0 bridgehead atoms. The predicted molar refractivity (Wildman–Crippen MR) is 105 cm³/mol. The third-order valence-electron chi connectivity index (χ3n) is 3.95. The largest absolute Gasteiger partial charge is 0.493 e. The molecular formula is C20H19N3O5. The number of nitro groups is 1. The lowest BCUT2D eigenvalue weighted by molar-refractivity contribution is -0.384. The number of non-ortho nitro benzene ring substituents is 1. The third-order valence-corrected chi connectivity index (χ3v) is 3.95. The van der Waals surface area contributed by atoms with Gasteiger partial charge < -0.3 is 9.47 Å². The molecule has 2 aromatic rings. The van der Waals surface area contributed by atoms with Crippen molar-refractivity contribution in [2.24, 2.45) is 5.10 Å². The zero-order valence-electron chi connectivity index (χ0n) is 15.5. The van der Waals surface area contributed by atoms with Crippen molar-refractivity contribution in [3.8, 4) is 5.75 Å². The highest BCUT2D eigenvalue weighted by Gasteiger charge is 2.33. The van der Waals surface area contributed by atoms with Gasteiger partial charge in [-0.3, -0.25) is 14.9 Å². The van der Waals surface area contributed by atoms with Crippen LogP contribution in [0.2, 0.25) is 0 Å². The average molecular weight is 381 g/mol. The highest BCUT2D eigenvalue weighted by Crippen LogP contribution is 2.29. The Labute approximate surface area is 161 Å². The molecule has 0 spiro atoms. The summed E-state index contributed by atoms with van der Waals surface area (Å²) >= 11 is 0. The maximum Gasteiger partial charge on any atom is 0.284 e. The molecule has 1 heterocycles. The SMILES string of the molecule is CCOC1=NN(c2ccc([N+](=O)[O-])cc2)C(=O)C1=Cc1ccccc1OCC. The molecule has 0 fully saturated rings. The number of rotatable bonds is 6. The van der Waals surface area contributed by atoms with E-state index in [1.54, 1.807) is 13.0 Å². The molecule has 0 saturated carbocycles. The summed E-state index contributed by atoms with van der Waals surface area (Å²) in [7, 11) is 0. The summed E-state index contributed by atoms with van der Waals surface area (Å²) in [4.78, 5) is 23.3. The second-order valence-electron chi connectivity index (χ2n) is 5.76. The Morgan fingerprint density at radius 1 is 1.07 bits per heavy atom. The average Bonchev–Trinajstić information content (AvgIpc) is 3.00. The maximum absolute atomic E-state index is 13.0. The van der Waals surface area contributed by atoms with Crippen molar-refractivity contribution < 1.29 is 19.2 Å². The van der Waals surface area contributed by atoms with E-state index in [2.05, 4.69) is 5.10 Å². The molecule has 2 aromatic carbocycles. The Morgan fingerprint density at radius 3 is 2.39 bits per heavy atom. The van der Waals surface area contributed by atoms with Gasteiger partial charge in [0.2, 0.25) is 5.90 Å². The number of hydrogen-bond donors (Lipinski definition) is 0. The fraction of sp³-hybridized carbons (Fsp3) is 0.200. The van der Waals surface area contributed by atoms with Gasteiger partial charge in [-0.15, -0.1) is 5.10 Å². The first kappa shape index (κ1) is 19.1. The van der Waals surface area contributed by atoms with Crippen LogP contribution in [0, 0.1) is 10.1 Å². The Morgan fingerprint density at radius 2 is 1.75 bits per heavy atom. The summed E-state index contributed by atoms with van der Waals surface area (Å²) in [5.74, 6) is 0.454. The van der Waals surface area contributed by atoms with Crippen LogP contribution < -0.4 is 9.75 Å². The van der Waals surface area contributed by atoms with E-state index in [0.717, 1.165) is 5.56 Å². The summed E-state index contributed by atoms with van der Waals surface area (Å²) < 4.78 is 11.2. The second-order valence-corrected chi connectivity index (χ2v) is 5.76. The molecule has 28 heavy (non-hydrogen) atoms. The van der Waals surface area contributed by atoms with Gasteiger partial charge >= 0.3 is 0 Å². The van der Waals surface area contributed by atoms with E-state index in [-0.39, 0.29) is 23.1 Å². The van der Waals surface area contributed by atoms with Gasteiger partial charge in [-0.1, -0.05) is 18.2 Å². The van der Waals surface area contributed by atoms with E-state index < -0.39 is 4.92 Å². The minimum Gasteiger partial charge on any atom is -0.493 e. The minimum atomic E-state index is -0.500. The summed E-state index contributed by atoms with van der Waals surface area (Å²) in [6, 6.07) is 12.9. The van der Waals surface area contributed by atoms with Crippen LogP contribution in [0.15, 0.2) is 59.2 Å². The van der Waals surface area contributed by atoms with Gasteiger partial charge in [-0.05, 0) is 38.1 Å². The number of hydrazone groups is 1. The Hall–Kier alpha value is -3.68. The summed E-state index contributed by atoms with van der Waals surface area (Å²) in [5, 5.41) is 16.3. The maximum atomic E-state index is 13.0. The first-order chi connectivity index (χ1) is 13.5. The topological polar surface area (TPSA) is 94.3 Å². The van der Waals surface area contributed by atoms with Crippen LogP contribution in [0.25, 0.3) is 6.08 Å². The standard InChI is InChI=1S/C20H19N3O5/c1-3-27-18-8-6-5-7-14(18)13-17-19(28-4-2)21-22(20(17)24)15-9-11-16(12-10-15)23(25)26/h5-13H,3-4H2,1-2H3. The number of para-hydroxylation sites is 1. The highest BCUT2D eigenvalue weighted by atomic mass is 16.6. The number of nitrogens with zero attached hydrogens (tertiary/aromatic N) is 3. The molecule has 0 aromatic heterocycles. The van der Waals surface area contributed by atoms with E-state index in [4.69, 9.17) is 9.47 Å². The molecule has 144 valence electrons. The van der Waals surface area contributed by atoms with Gasteiger partial charge in [0.1, 0.15) is 11.3 Å². The van der Waals surface area contributed by atoms with Gasteiger partial charge in [0.15, 0.2) is 0 Å². The Kier molecular flexibility index (Phi) is 5.69. The highest BCUT2D eigenvalue weighted by molar-refractivity contribution is 6.30. The second kappa shape index (κ2) is 8.34. The fourth-order valence-corrected chi connectivity index (χ4v) is 2.70. The van der Waals surface area contributed by atoms with Gasteiger partial charge in [0.25, 0.3) is 11.6 Å². The summed E-state index contributed by atoms with van der Waals surface area (Å²) in [6.07, 6.45) is 1.67. The number of carbonyl (C=O) groups is 1. The zero-order valence-corrected chi connectivity index (χ0v) is 15.5. The van der Waals surface area contributed by atoms with Crippen LogP contribution in [0.1, 0.15) is 19.4 Å². The quantitative estimate of drug-likeness (QED) is 0.431. The van der Waals surface area contributed by atoms with Crippen LogP contribution in [-0.2, 0) is 9.53 Å². The van der Waals surface area contributed by atoms with Gasteiger partial charge in [-0.2, -0.15) is 5.01 Å². The van der Waals surface area contributed by atoms with Crippen molar-refractivity contribution in [1.82, 2.24) is 0 Å². The lowest BCUT2D eigenvalue weighted by Gasteiger charge is -2.11. The van der Waals surface area contributed by atoms with E-state index in [1.165, 1.54) is 29.3 Å². The van der Waals surface area contributed by atoms with Gasteiger partial charge in [-0.25, -0.2) is 0 Å². The normalized spacial score (nSPS) is 14.9. The number of hydrogen-bond acceptors (Lipinski definition) is 6. The number of benzene rings is 2. The third kappa shape index (κ3) is 3.85. The molecule has 3 rings (SSSR count). The fourth-order valence-electron chi connectivity index (χ4n) is 2.70. The summed E-state index contributed by atoms with van der Waals surface area (Å²) in [6.45, 7) is 4.52. The smallest absolute Gasteiger partial charge is 0.284 e. The lowest BCUT2D eigenvalue weighted by atomic mass is 10.1. The van der Waals surface area contributed by atoms with Crippen molar-refractivity contribution in [3.05, 3.63) is 69.8 Å².